The number of amides is 2. The maximum atomic E-state index is 11.5. The van der Waals surface area contributed by atoms with E-state index in [1.165, 1.54) is 7.05 Å². The SMILES string of the molecule is CCCC(C)(C)NC(=O)N(C)CC(=O)O. The Balaban J connectivity index is 4.17. The number of urea groups is 1. The van der Waals surface area contributed by atoms with Crippen molar-refractivity contribution in [2.24, 2.45) is 0 Å². The highest BCUT2D eigenvalue weighted by Crippen LogP contribution is 2.10. The van der Waals surface area contributed by atoms with E-state index in [1.54, 1.807) is 0 Å². The van der Waals surface area contributed by atoms with Gasteiger partial charge in [-0.05, 0) is 20.3 Å². The van der Waals surface area contributed by atoms with Gasteiger partial charge in [-0.2, -0.15) is 0 Å². The Kier molecular flexibility index (Phi) is 5.11. The van der Waals surface area contributed by atoms with E-state index in [9.17, 15) is 9.59 Å². The summed E-state index contributed by atoms with van der Waals surface area (Å²) in [6.45, 7) is 5.59. The van der Waals surface area contributed by atoms with Crippen LogP contribution in [0.2, 0.25) is 0 Å². The second-order valence-corrected chi connectivity index (χ2v) is 4.31. The molecule has 0 aliphatic carbocycles. The number of hydrogen-bond acceptors (Lipinski definition) is 2. The van der Waals surface area contributed by atoms with Crippen LogP contribution in [0.15, 0.2) is 0 Å². The third kappa shape index (κ3) is 5.93. The molecular formula is C10H20N2O3. The van der Waals surface area contributed by atoms with E-state index < -0.39 is 5.97 Å². The van der Waals surface area contributed by atoms with Gasteiger partial charge in [0.25, 0.3) is 0 Å². The van der Waals surface area contributed by atoms with Gasteiger partial charge in [0.05, 0.1) is 0 Å². The number of nitrogens with one attached hydrogen (secondary N) is 1. The van der Waals surface area contributed by atoms with Gasteiger partial charge in [-0.3, -0.25) is 4.79 Å². The van der Waals surface area contributed by atoms with E-state index in [2.05, 4.69) is 5.32 Å². The van der Waals surface area contributed by atoms with E-state index >= 15 is 0 Å². The molecule has 0 aromatic carbocycles. The Labute approximate surface area is 90.5 Å². The van der Waals surface area contributed by atoms with Crippen molar-refractivity contribution in [1.82, 2.24) is 10.2 Å². The lowest BCUT2D eigenvalue weighted by atomic mass is 9.99. The number of rotatable bonds is 5. The smallest absolute Gasteiger partial charge is 0.323 e. The fourth-order valence-electron chi connectivity index (χ4n) is 1.35. The number of carbonyl (C=O) groups excluding carboxylic acids is 1. The van der Waals surface area contributed by atoms with Gasteiger partial charge in [0.15, 0.2) is 0 Å². The van der Waals surface area contributed by atoms with Crippen LogP contribution in [-0.4, -0.2) is 41.1 Å². The molecule has 5 nitrogen and oxygen atoms in total. The van der Waals surface area contributed by atoms with E-state index in [4.69, 9.17) is 5.11 Å². The van der Waals surface area contributed by atoms with Gasteiger partial charge >= 0.3 is 12.0 Å². The number of likely N-dealkylation sites (N-methyl/N-ethyl adjacent to an activating group) is 1. The molecule has 15 heavy (non-hydrogen) atoms. The average molecular weight is 216 g/mol. The topological polar surface area (TPSA) is 69.6 Å². The zero-order valence-corrected chi connectivity index (χ0v) is 9.83. The molecule has 0 saturated heterocycles. The second-order valence-electron chi connectivity index (χ2n) is 4.31. The molecule has 0 aliphatic heterocycles. The standard InChI is InChI=1S/C10H20N2O3/c1-5-6-10(2,3)11-9(15)12(4)7-8(13)14/h5-7H2,1-4H3,(H,11,15)(H,13,14). The van der Waals surface area contributed by atoms with Crippen LogP contribution < -0.4 is 5.32 Å². The lowest BCUT2D eigenvalue weighted by molar-refractivity contribution is -0.137. The molecular weight excluding hydrogens is 196 g/mol. The molecule has 0 atom stereocenters. The number of nitrogens with zero attached hydrogens (tertiary/aromatic N) is 1. The van der Waals surface area contributed by atoms with Crippen molar-refractivity contribution in [1.29, 1.82) is 0 Å². The molecule has 0 aromatic rings. The number of carboxylic acids is 1. The van der Waals surface area contributed by atoms with Crippen LogP contribution in [-0.2, 0) is 4.79 Å². The third-order valence-electron chi connectivity index (χ3n) is 2.04. The van der Waals surface area contributed by atoms with Crippen LogP contribution in [0.5, 0.6) is 0 Å². The van der Waals surface area contributed by atoms with Gasteiger partial charge < -0.3 is 15.3 Å². The third-order valence-corrected chi connectivity index (χ3v) is 2.04. The van der Waals surface area contributed by atoms with Gasteiger partial charge in [-0.25, -0.2) is 4.79 Å². The van der Waals surface area contributed by atoms with Crippen molar-refractivity contribution >= 4 is 12.0 Å². The Hall–Kier alpha value is -1.26. The first-order valence-corrected chi connectivity index (χ1v) is 5.03. The van der Waals surface area contributed by atoms with E-state index in [0.717, 1.165) is 17.7 Å². The molecule has 2 amide bonds. The Morgan fingerprint density at radius 1 is 1.40 bits per heavy atom. The monoisotopic (exact) mass is 216 g/mol. The maximum absolute atomic E-state index is 11.5. The van der Waals surface area contributed by atoms with Crippen molar-refractivity contribution in [2.45, 2.75) is 39.2 Å². The molecule has 2 N–H and O–H groups in total. The molecule has 0 fully saturated rings. The minimum atomic E-state index is -1.01. The molecule has 0 bridgehead atoms. The number of hydrogen-bond donors (Lipinski definition) is 2. The van der Waals surface area contributed by atoms with Crippen molar-refractivity contribution in [3.8, 4) is 0 Å². The van der Waals surface area contributed by atoms with Crippen LogP contribution in [0.1, 0.15) is 33.6 Å². The summed E-state index contributed by atoms with van der Waals surface area (Å²) >= 11 is 0. The summed E-state index contributed by atoms with van der Waals surface area (Å²) in [6.07, 6.45) is 1.83. The number of aliphatic carboxylic acids is 1. The molecule has 88 valence electrons. The Morgan fingerprint density at radius 2 is 1.93 bits per heavy atom. The van der Waals surface area contributed by atoms with Gasteiger partial charge in [0.1, 0.15) is 6.54 Å². The van der Waals surface area contributed by atoms with E-state index in [0.29, 0.717) is 0 Å². The molecule has 0 radical (unpaired) electrons. The molecule has 0 aromatic heterocycles. The highest BCUT2D eigenvalue weighted by Gasteiger charge is 2.21. The minimum absolute atomic E-state index is 0.284. The van der Waals surface area contributed by atoms with Crippen LogP contribution in [0.4, 0.5) is 4.79 Å². The predicted octanol–water partition coefficient (Wildman–Crippen LogP) is 1.29. The first-order valence-electron chi connectivity index (χ1n) is 5.03. The largest absolute Gasteiger partial charge is 0.480 e. The molecule has 0 aliphatic rings. The molecule has 0 heterocycles. The lowest BCUT2D eigenvalue weighted by Crippen LogP contribution is -2.49. The minimum Gasteiger partial charge on any atom is -0.480 e. The summed E-state index contributed by atoms with van der Waals surface area (Å²) < 4.78 is 0. The van der Waals surface area contributed by atoms with E-state index in [-0.39, 0.29) is 18.1 Å². The summed E-state index contributed by atoms with van der Waals surface area (Å²) in [5, 5.41) is 11.3. The van der Waals surface area contributed by atoms with Gasteiger partial charge in [-0.1, -0.05) is 13.3 Å². The highest BCUT2D eigenvalue weighted by molar-refractivity contribution is 5.80. The average Bonchev–Trinajstić information content (AvgIpc) is 2.01. The fraction of sp³-hybridized carbons (Fsp3) is 0.800. The van der Waals surface area contributed by atoms with Crippen LogP contribution in [0, 0.1) is 0 Å². The Morgan fingerprint density at radius 3 is 2.33 bits per heavy atom. The Bertz CT molecular complexity index is 239. The first-order chi connectivity index (χ1) is 6.78. The van der Waals surface area contributed by atoms with Crippen LogP contribution in [0.3, 0.4) is 0 Å². The summed E-state index contributed by atoms with van der Waals surface area (Å²) in [7, 11) is 1.46. The predicted molar refractivity (Wildman–Crippen MR) is 57.8 cm³/mol. The zero-order chi connectivity index (χ0) is 12.1. The van der Waals surface area contributed by atoms with E-state index in [1.807, 2.05) is 20.8 Å². The summed E-state index contributed by atoms with van der Waals surface area (Å²) in [4.78, 5) is 23.1. The molecule has 0 spiro atoms. The maximum Gasteiger partial charge on any atom is 0.323 e. The second kappa shape index (κ2) is 5.58. The normalized spacial score (nSPS) is 10.9. The summed E-state index contributed by atoms with van der Waals surface area (Å²) in [5.41, 5.74) is -0.293. The van der Waals surface area contributed by atoms with Crippen LogP contribution in [0.25, 0.3) is 0 Å². The molecule has 5 heteroatoms. The number of carboxylic acid groups (broad SMARTS) is 1. The van der Waals surface area contributed by atoms with Gasteiger partial charge in [-0.15, -0.1) is 0 Å². The summed E-state index contributed by atoms with van der Waals surface area (Å²) in [6, 6.07) is -0.351. The quantitative estimate of drug-likeness (QED) is 0.727. The molecule has 0 rings (SSSR count). The lowest BCUT2D eigenvalue weighted by Gasteiger charge is -2.28. The highest BCUT2D eigenvalue weighted by atomic mass is 16.4. The molecule has 0 unspecified atom stereocenters. The van der Waals surface area contributed by atoms with Crippen molar-refractivity contribution in [3.05, 3.63) is 0 Å². The van der Waals surface area contributed by atoms with Crippen LogP contribution >= 0.6 is 0 Å². The first kappa shape index (κ1) is 13.7. The summed E-state index contributed by atoms with van der Waals surface area (Å²) in [5.74, 6) is -1.01. The zero-order valence-electron chi connectivity index (χ0n) is 9.83. The van der Waals surface area contributed by atoms with Crippen molar-refractivity contribution < 1.29 is 14.7 Å². The van der Waals surface area contributed by atoms with Gasteiger partial charge in [0.2, 0.25) is 0 Å². The van der Waals surface area contributed by atoms with Gasteiger partial charge in [0, 0.05) is 12.6 Å². The van der Waals surface area contributed by atoms with Crippen molar-refractivity contribution in [2.75, 3.05) is 13.6 Å². The van der Waals surface area contributed by atoms with Crippen molar-refractivity contribution in [3.63, 3.8) is 0 Å². The molecule has 0 saturated carbocycles. The fourth-order valence-corrected chi connectivity index (χ4v) is 1.35. The number of carbonyl (C=O) groups is 2.